The lowest BCUT2D eigenvalue weighted by atomic mass is 10.3. The number of pyridine rings is 1. The fraction of sp³-hybridized carbons (Fsp3) is 0.222. The molecular weight excluding hydrogens is 335 g/mol. The van der Waals surface area contributed by atoms with E-state index in [1.807, 2.05) is 36.7 Å². The van der Waals surface area contributed by atoms with E-state index in [4.69, 9.17) is 4.52 Å². The molecule has 0 bridgehead atoms. The molecule has 1 N–H and O–H groups in total. The number of rotatable bonds is 5. The minimum atomic E-state index is -0.338. The summed E-state index contributed by atoms with van der Waals surface area (Å²) in [7, 11) is 0. The zero-order valence-corrected chi connectivity index (χ0v) is 14.4. The van der Waals surface area contributed by atoms with E-state index in [0.29, 0.717) is 30.4 Å². The van der Waals surface area contributed by atoms with Crippen molar-refractivity contribution < 1.29 is 8.91 Å². The fourth-order valence-electron chi connectivity index (χ4n) is 2.85. The van der Waals surface area contributed by atoms with E-state index >= 15 is 0 Å². The standard InChI is InChI=1S/C18H17FN6O/c1-11-8-13(24-26-11)9-21-18-17-15(22-12(2)23-18)5-7-25(17)10-16-14(19)4-3-6-20-16/h3-8H,9-10H2,1-2H3,(H,21,22,23). The highest BCUT2D eigenvalue weighted by Gasteiger charge is 2.13. The van der Waals surface area contributed by atoms with E-state index in [1.54, 1.807) is 12.3 Å². The molecule has 4 aromatic rings. The molecule has 26 heavy (non-hydrogen) atoms. The number of halogens is 1. The van der Waals surface area contributed by atoms with E-state index in [-0.39, 0.29) is 5.82 Å². The van der Waals surface area contributed by atoms with Crippen molar-refractivity contribution in [3.63, 3.8) is 0 Å². The highest BCUT2D eigenvalue weighted by molar-refractivity contribution is 5.86. The van der Waals surface area contributed by atoms with Gasteiger partial charge in [-0.3, -0.25) is 4.98 Å². The Morgan fingerprint density at radius 3 is 2.88 bits per heavy atom. The van der Waals surface area contributed by atoms with Crippen LogP contribution in [0.25, 0.3) is 11.0 Å². The Morgan fingerprint density at radius 2 is 2.12 bits per heavy atom. The number of fused-ring (bicyclic) bond motifs is 1. The van der Waals surface area contributed by atoms with Crippen LogP contribution in [0, 0.1) is 19.7 Å². The maximum atomic E-state index is 14.0. The maximum Gasteiger partial charge on any atom is 0.154 e. The molecule has 0 saturated heterocycles. The van der Waals surface area contributed by atoms with Gasteiger partial charge in [0.25, 0.3) is 0 Å². The molecule has 132 valence electrons. The van der Waals surface area contributed by atoms with Crippen LogP contribution in [-0.4, -0.2) is 24.7 Å². The van der Waals surface area contributed by atoms with Crippen molar-refractivity contribution in [2.75, 3.05) is 5.32 Å². The number of nitrogens with one attached hydrogen (secondary N) is 1. The van der Waals surface area contributed by atoms with Gasteiger partial charge in [0.2, 0.25) is 0 Å². The van der Waals surface area contributed by atoms with Crippen molar-refractivity contribution >= 4 is 16.9 Å². The lowest BCUT2D eigenvalue weighted by Gasteiger charge is -2.11. The maximum absolute atomic E-state index is 14.0. The van der Waals surface area contributed by atoms with Crippen molar-refractivity contribution in [3.05, 3.63) is 65.4 Å². The molecule has 7 nitrogen and oxygen atoms in total. The second-order valence-electron chi connectivity index (χ2n) is 6.01. The van der Waals surface area contributed by atoms with E-state index in [0.717, 1.165) is 22.5 Å². The molecule has 0 aliphatic rings. The first-order valence-corrected chi connectivity index (χ1v) is 8.19. The van der Waals surface area contributed by atoms with Gasteiger partial charge in [-0.25, -0.2) is 14.4 Å². The highest BCUT2D eigenvalue weighted by Crippen LogP contribution is 2.23. The number of anilines is 1. The molecule has 0 radical (unpaired) electrons. The topological polar surface area (TPSA) is 81.7 Å². The highest BCUT2D eigenvalue weighted by atomic mass is 19.1. The first-order valence-electron chi connectivity index (χ1n) is 8.19. The molecule has 0 aliphatic carbocycles. The Morgan fingerprint density at radius 1 is 1.23 bits per heavy atom. The summed E-state index contributed by atoms with van der Waals surface area (Å²) in [6.45, 7) is 4.43. The van der Waals surface area contributed by atoms with Crippen LogP contribution >= 0.6 is 0 Å². The van der Waals surface area contributed by atoms with Crippen LogP contribution in [0.5, 0.6) is 0 Å². The van der Waals surface area contributed by atoms with Gasteiger partial charge in [0, 0.05) is 18.5 Å². The summed E-state index contributed by atoms with van der Waals surface area (Å²) < 4.78 is 20.9. The van der Waals surface area contributed by atoms with Crippen molar-refractivity contribution in [1.29, 1.82) is 0 Å². The van der Waals surface area contributed by atoms with Crippen LogP contribution in [0.3, 0.4) is 0 Å². The Kier molecular flexibility index (Phi) is 4.08. The molecule has 0 unspecified atom stereocenters. The van der Waals surface area contributed by atoms with Crippen molar-refractivity contribution in [2.24, 2.45) is 0 Å². The second-order valence-corrected chi connectivity index (χ2v) is 6.01. The van der Waals surface area contributed by atoms with E-state index in [2.05, 4.69) is 25.4 Å². The smallest absolute Gasteiger partial charge is 0.154 e. The molecule has 4 heterocycles. The predicted molar refractivity (Wildman–Crippen MR) is 94.1 cm³/mol. The number of nitrogens with zero attached hydrogens (tertiary/aromatic N) is 5. The summed E-state index contributed by atoms with van der Waals surface area (Å²) >= 11 is 0. The molecule has 4 rings (SSSR count). The van der Waals surface area contributed by atoms with Crippen LogP contribution in [0.1, 0.15) is 23.0 Å². The zero-order chi connectivity index (χ0) is 18.1. The molecule has 4 aromatic heterocycles. The quantitative estimate of drug-likeness (QED) is 0.594. The number of hydrogen-bond donors (Lipinski definition) is 1. The third-order valence-electron chi connectivity index (χ3n) is 3.99. The predicted octanol–water partition coefficient (Wildman–Crippen LogP) is 3.23. The van der Waals surface area contributed by atoms with E-state index < -0.39 is 0 Å². The van der Waals surface area contributed by atoms with Crippen LogP contribution in [0.2, 0.25) is 0 Å². The van der Waals surface area contributed by atoms with Crippen LogP contribution < -0.4 is 5.32 Å². The van der Waals surface area contributed by atoms with Gasteiger partial charge in [0.05, 0.1) is 24.3 Å². The molecule has 0 fully saturated rings. The van der Waals surface area contributed by atoms with Gasteiger partial charge in [-0.05, 0) is 32.0 Å². The first-order chi connectivity index (χ1) is 12.6. The Hall–Kier alpha value is -3.29. The van der Waals surface area contributed by atoms with Crippen LogP contribution in [-0.2, 0) is 13.1 Å². The van der Waals surface area contributed by atoms with E-state index in [1.165, 1.54) is 6.07 Å². The minimum Gasteiger partial charge on any atom is -0.362 e. The van der Waals surface area contributed by atoms with Gasteiger partial charge in [-0.15, -0.1) is 0 Å². The van der Waals surface area contributed by atoms with Gasteiger partial charge in [0.15, 0.2) is 5.82 Å². The van der Waals surface area contributed by atoms with Crippen LogP contribution in [0.4, 0.5) is 10.2 Å². The number of aryl methyl sites for hydroxylation is 2. The SMILES string of the molecule is Cc1nc(NCc2cc(C)on2)c2c(ccn2Cc2ncccc2F)n1. The van der Waals surface area contributed by atoms with Gasteiger partial charge < -0.3 is 14.4 Å². The summed E-state index contributed by atoms with van der Waals surface area (Å²) in [5.74, 6) is 1.72. The molecule has 0 atom stereocenters. The number of hydrogen-bond acceptors (Lipinski definition) is 6. The van der Waals surface area contributed by atoms with Gasteiger partial charge in [-0.2, -0.15) is 0 Å². The average Bonchev–Trinajstić information content (AvgIpc) is 3.21. The van der Waals surface area contributed by atoms with Gasteiger partial charge >= 0.3 is 0 Å². The van der Waals surface area contributed by atoms with Crippen molar-refractivity contribution in [3.8, 4) is 0 Å². The molecule has 8 heteroatoms. The first kappa shape index (κ1) is 16.2. The van der Waals surface area contributed by atoms with Crippen molar-refractivity contribution in [2.45, 2.75) is 26.9 Å². The van der Waals surface area contributed by atoms with Gasteiger partial charge in [0.1, 0.15) is 28.6 Å². The summed E-state index contributed by atoms with van der Waals surface area (Å²) in [5, 5.41) is 7.25. The summed E-state index contributed by atoms with van der Waals surface area (Å²) in [6.07, 6.45) is 3.44. The summed E-state index contributed by atoms with van der Waals surface area (Å²) in [6, 6.07) is 6.73. The summed E-state index contributed by atoms with van der Waals surface area (Å²) in [4.78, 5) is 13.1. The lowest BCUT2D eigenvalue weighted by molar-refractivity contribution is 0.391. The summed E-state index contributed by atoms with van der Waals surface area (Å²) in [5.41, 5.74) is 2.72. The normalized spacial score (nSPS) is 11.2. The average molecular weight is 352 g/mol. The molecule has 0 aliphatic heterocycles. The molecular formula is C18H17FN6O. The monoisotopic (exact) mass is 352 g/mol. The minimum absolute atomic E-state index is 0.292. The largest absolute Gasteiger partial charge is 0.362 e. The molecule has 0 spiro atoms. The van der Waals surface area contributed by atoms with Crippen LogP contribution in [0.15, 0.2) is 41.2 Å². The fourth-order valence-corrected chi connectivity index (χ4v) is 2.85. The molecule has 0 amide bonds. The molecule has 0 saturated carbocycles. The Balaban J connectivity index is 1.69. The van der Waals surface area contributed by atoms with E-state index in [9.17, 15) is 4.39 Å². The molecule has 0 aromatic carbocycles. The second kappa shape index (κ2) is 6.55. The Labute approximate surface area is 148 Å². The number of aromatic nitrogens is 5. The zero-order valence-electron chi connectivity index (χ0n) is 14.4. The Bertz CT molecular complexity index is 1070. The van der Waals surface area contributed by atoms with Gasteiger partial charge in [-0.1, -0.05) is 5.16 Å². The van der Waals surface area contributed by atoms with Crippen molar-refractivity contribution in [1.82, 2.24) is 24.7 Å². The third kappa shape index (κ3) is 3.13. The lowest BCUT2D eigenvalue weighted by Crippen LogP contribution is -2.08. The third-order valence-corrected chi connectivity index (χ3v) is 3.99.